The number of aromatic nitrogens is 4. The molecule has 7 nitrogen and oxygen atoms in total. The Morgan fingerprint density at radius 1 is 0.667 bits per heavy atom. The molecule has 3 heterocycles. The molecule has 194 valence electrons. The molecule has 0 radical (unpaired) electrons. The van der Waals surface area contributed by atoms with E-state index in [0.29, 0.717) is 50.4 Å². The van der Waals surface area contributed by atoms with E-state index in [1.165, 1.54) is 9.36 Å². The third-order valence-corrected chi connectivity index (χ3v) is 7.22. The Bertz CT molecular complexity index is 1790. The number of benzene rings is 3. The van der Waals surface area contributed by atoms with E-state index in [4.69, 9.17) is 16.0 Å². The normalized spacial score (nSPS) is 11.4. The van der Waals surface area contributed by atoms with Gasteiger partial charge in [-0.05, 0) is 62.4 Å². The van der Waals surface area contributed by atoms with Crippen LogP contribution in [0, 0.1) is 13.8 Å². The van der Waals surface area contributed by atoms with Gasteiger partial charge in [-0.3, -0.25) is 19.8 Å². The second kappa shape index (κ2) is 9.85. The van der Waals surface area contributed by atoms with Gasteiger partial charge < -0.3 is 4.42 Å². The Balaban J connectivity index is 1.59. The number of rotatable bonds is 6. The fourth-order valence-corrected chi connectivity index (χ4v) is 5.29. The van der Waals surface area contributed by atoms with Gasteiger partial charge in [0.1, 0.15) is 11.5 Å². The van der Waals surface area contributed by atoms with Gasteiger partial charge in [-0.1, -0.05) is 60.1 Å². The van der Waals surface area contributed by atoms with Crippen LogP contribution in [0.3, 0.4) is 0 Å². The van der Waals surface area contributed by atoms with Crippen LogP contribution in [0.5, 0.6) is 0 Å². The fraction of sp³-hybridized carbons (Fsp3) is 0.0968. The zero-order valence-electron chi connectivity index (χ0n) is 21.3. The number of para-hydroxylation sites is 2. The van der Waals surface area contributed by atoms with Crippen LogP contribution in [0.4, 0.5) is 0 Å². The number of halogens is 1. The van der Waals surface area contributed by atoms with Gasteiger partial charge in [0, 0.05) is 17.0 Å². The van der Waals surface area contributed by atoms with Crippen molar-refractivity contribution in [1.29, 1.82) is 0 Å². The molecule has 0 atom stereocenters. The largest absolute Gasteiger partial charge is 0.460 e. The summed E-state index contributed by atoms with van der Waals surface area (Å²) in [6.07, 6.45) is 0. The summed E-state index contributed by atoms with van der Waals surface area (Å²) in [5.41, 5.74) is 3.72. The minimum absolute atomic E-state index is 0.259. The highest BCUT2D eigenvalue weighted by Crippen LogP contribution is 2.37. The Hall–Kier alpha value is -4.75. The molecule has 0 unspecified atom stereocenters. The van der Waals surface area contributed by atoms with Crippen LogP contribution in [0.25, 0.3) is 22.7 Å². The van der Waals surface area contributed by atoms with Gasteiger partial charge in [-0.25, -0.2) is 9.36 Å². The quantitative estimate of drug-likeness (QED) is 0.260. The molecule has 0 aliphatic heterocycles. The Morgan fingerprint density at radius 2 is 1.15 bits per heavy atom. The minimum atomic E-state index is -0.774. The van der Waals surface area contributed by atoms with E-state index in [2.05, 4.69) is 10.2 Å². The Kier molecular flexibility index (Phi) is 6.21. The zero-order valence-corrected chi connectivity index (χ0v) is 22.1. The molecule has 0 saturated carbocycles. The Morgan fingerprint density at radius 3 is 1.67 bits per heavy atom. The molecule has 6 aromatic rings. The number of hydrogen-bond acceptors (Lipinski definition) is 3. The molecule has 0 aliphatic rings. The second-order valence-electron chi connectivity index (χ2n) is 9.37. The van der Waals surface area contributed by atoms with Crippen LogP contribution in [0.15, 0.2) is 111 Å². The summed E-state index contributed by atoms with van der Waals surface area (Å²) in [5.74, 6) is 0.237. The topological polar surface area (TPSA) is 88.7 Å². The summed E-state index contributed by atoms with van der Waals surface area (Å²) >= 11 is 6.45. The van der Waals surface area contributed by atoms with Crippen molar-refractivity contribution in [2.75, 3.05) is 0 Å². The van der Waals surface area contributed by atoms with Crippen LogP contribution < -0.4 is 11.1 Å². The first-order chi connectivity index (χ1) is 18.9. The van der Waals surface area contributed by atoms with E-state index < -0.39 is 5.92 Å². The molecule has 3 aromatic carbocycles. The molecule has 8 heteroatoms. The molecule has 0 aliphatic carbocycles. The van der Waals surface area contributed by atoms with Crippen molar-refractivity contribution in [3.63, 3.8) is 0 Å². The van der Waals surface area contributed by atoms with Gasteiger partial charge in [-0.2, -0.15) is 0 Å². The average Bonchev–Trinajstić information content (AvgIpc) is 3.63. The van der Waals surface area contributed by atoms with Crippen LogP contribution in [0.1, 0.15) is 34.2 Å². The van der Waals surface area contributed by atoms with Crippen molar-refractivity contribution in [2.45, 2.75) is 19.8 Å². The predicted molar refractivity (Wildman–Crippen MR) is 152 cm³/mol. The molecule has 3 aromatic heterocycles. The van der Waals surface area contributed by atoms with Gasteiger partial charge in [0.2, 0.25) is 0 Å². The standard InChI is InChI=1S/C31H25ClN4O3/c1-19-27(30(37)35(33-19)21-11-5-3-6-12-21)29(26-18-17-25(39-26)23-15-9-10-16-24(23)32)28-20(2)34-36(31(28)38)22-13-7-4-8-14-22/h3-18,29,33-34H,1-2H3. The lowest BCUT2D eigenvalue weighted by molar-refractivity contribution is 0.513. The summed E-state index contributed by atoms with van der Waals surface area (Å²) in [6.45, 7) is 3.66. The van der Waals surface area contributed by atoms with Crippen LogP contribution >= 0.6 is 11.6 Å². The first-order valence-corrected chi connectivity index (χ1v) is 12.9. The Labute approximate surface area is 228 Å². The third kappa shape index (κ3) is 4.27. The summed E-state index contributed by atoms with van der Waals surface area (Å²) < 4.78 is 9.35. The maximum absolute atomic E-state index is 14.0. The lowest BCUT2D eigenvalue weighted by Crippen LogP contribution is -2.25. The summed E-state index contributed by atoms with van der Waals surface area (Å²) in [4.78, 5) is 27.9. The highest BCUT2D eigenvalue weighted by Gasteiger charge is 2.33. The monoisotopic (exact) mass is 536 g/mol. The maximum atomic E-state index is 14.0. The smallest absolute Gasteiger partial charge is 0.275 e. The van der Waals surface area contributed by atoms with E-state index in [-0.39, 0.29) is 11.1 Å². The highest BCUT2D eigenvalue weighted by atomic mass is 35.5. The number of H-pyrrole nitrogens is 2. The van der Waals surface area contributed by atoms with Gasteiger partial charge in [0.15, 0.2) is 0 Å². The predicted octanol–water partition coefficient (Wildman–Crippen LogP) is 6.36. The van der Waals surface area contributed by atoms with Gasteiger partial charge in [0.25, 0.3) is 11.1 Å². The van der Waals surface area contributed by atoms with Crippen molar-refractivity contribution in [2.24, 2.45) is 0 Å². The number of aryl methyl sites for hydroxylation is 2. The summed E-state index contributed by atoms with van der Waals surface area (Å²) in [6, 6.07) is 29.7. The van der Waals surface area contributed by atoms with Crippen LogP contribution in [-0.2, 0) is 0 Å². The number of nitrogens with zero attached hydrogens (tertiary/aromatic N) is 2. The zero-order chi connectivity index (χ0) is 27.1. The molecule has 6 rings (SSSR count). The van der Waals surface area contributed by atoms with E-state index in [9.17, 15) is 9.59 Å². The molecular formula is C31H25ClN4O3. The van der Waals surface area contributed by atoms with Crippen molar-refractivity contribution in [3.8, 4) is 22.7 Å². The van der Waals surface area contributed by atoms with Gasteiger partial charge >= 0.3 is 0 Å². The van der Waals surface area contributed by atoms with Crippen LogP contribution in [0.2, 0.25) is 5.02 Å². The SMILES string of the molecule is Cc1[nH]n(-c2ccccc2)c(=O)c1C(c1ccc(-c2ccccc2Cl)o1)c1c(C)[nH]n(-c2ccccc2)c1=O. The first-order valence-electron chi connectivity index (χ1n) is 12.5. The molecule has 0 bridgehead atoms. The van der Waals surface area contributed by atoms with Crippen molar-refractivity contribution >= 4 is 11.6 Å². The average molecular weight is 537 g/mol. The fourth-order valence-electron chi connectivity index (χ4n) is 5.06. The van der Waals surface area contributed by atoms with E-state index in [1.54, 1.807) is 12.1 Å². The maximum Gasteiger partial charge on any atom is 0.275 e. The van der Waals surface area contributed by atoms with Crippen LogP contribution in [-0.4, -0.2) is 19.6 Å². The number of hydrogen-bond donors (Lipinski definition) is 2. The van der Waals surface area contributed by atoms with Gasteiger partial charge in [0.05, 0.1) is 33.4 Å². The molecular weight excluding hydrogens is 512 g/mol. The molecule has 2 N–H and O–H groups in total. The third-order valence-electron chi connectivity index (χ3n) is 6.89. The number of aromatic amines is 2. The van der Waals surface area contributed by atoms with Crippen molar-refractivity contribution < 1.29 is 4.42 Å². The second-order valence-corrected chi connectivity index (χ2v) is 9.78. The first kappa shape index (κ1) is 24.6. The molecule has 0 spiro atoms. The van der Waals surface area contributed by atoms with E-state index in [0.717, 1.165) is 5.56 Å². The highest BCUT2D eigenvalue weighted by molar-refractivity contribution is 6.33. The molecule has 39 heavy (non-hydrogen) atoms. The molecule has 0 saturated heterocycles. The summed E-state index contributed by atoms with van der Waals surface area (Å²) in [5, 5.41) is 6.94. The number of nitrogens with one attached hydrogen (secondary N) is 2. The van der Waals surface area contributed by atoms with E-state index in [1.807, 2.05) is 98.8 Å². The van der Waals surface area contributed by atoms with E-state index >= 15 is 0 Å². The van der Waals surface area contributed by atoms with Gasteiger partial charge in [-0.15, -0.1) is 0 Å². The molecule has 0 amide bonds. The van der Waals surface area contributed by atoms with Crippen molar-refractivity contribution in [3.05, 3.63) is 151 Å². The minimum Gasteiger partial charge on any atom is -0.460 e. The molecule has 0 fully saturated rings. The lowest BCUT2D eigenvalue weighted by atomic mass is 9.89. The summed E-state index contributed by atoms with van der Waals surface area (Å²) in [7, 11) is 0. The lowest BCUT2D eigenvalue weighted by Gasteiger charge is -2.13. The van der Waals surface area contributed by atoms with Crippen molar-refractivity contribution in [1.82, 2.24) is 19.6 Å². The number of furan rings is 1.